The fourth-order valence-corrected chi connectivity index (χ4v) is 4.51. The van der Waals surface area contributed by atoms with E-state index in [4.69, 9.17) is 0 Å². The lowest BCUT2D eigenvalue weighted by atomic mass is 9.97. The van der Waals surface area contributed by atoms with E-state index in [9.17, 15) is 9.59 Å². The Hall–Kier alpha value is -1.60. The molecule has 150 valence electrons. The van der Waals surface area contributed by atoms with Crippen molar-refractivity contribution in [3.05, 3.63) is 22.4 Å². The van der Waals surface area contributed by atoms with Crippen LogP contribution in [0.1, 0.15) is 51.1 Å². The number of carbonyl (C=O) groups excluding carboxylic acids is 2. The smallest absolute Gasteiger partial charge is 0.317 e. The van der Waals surface area contributed by atoms with E-state index in [1.54, 1.807) is 11.3 Å². The number of nitrogens with one attached hydrogen (secondary N) is 2. The molecular formula is C20H32N4O2S. The molecular weight excluding hydrogens is 360 g/mol. The van der Waals surface area contributed by atoms with E-state index < -0.39 is 0 Å². The van der Waals surface area contributed by atoms with Gasteiger partial charge in [-0.05, 0) is 61.2 Å². The minimum absolute atomic E-state index is 0.0497. The number of piperidine rings is 1. The highest BCUT2D eigenvalue weighted by Crippen LogP contribution is 2.24. The van der Waals surface area contributed by atoms with Crippen LogP contribution in [0.2, 0.25) is 0 Å². The van der Waals surface area contributed by atoms with Gasteiger partial charge in [-0.15, -0.1) is 0 Å². The van der Waals surface area contributed by atoms with Crippen molar-refractivity contribution >= 4 is 23.3 Å². The quantitative estimate of drug-likeness (QED) is 0.715. The summed E-state index contributed by atoms with van der Waals surface area (Å²) >= 11 is 1.69. The van der Waals surface area contributed by atoms with Crippen LogP contribution in [0.15, 0.2) is 16.8 Å². The molecule has 2 unspecified atom stereocenters. The van der Waals surface area contributed by atoms with E-state index >= 15 is 0 Å². The monoisotopic (exact) mass is 392 g/mol. The van der Waals surface area contributed by atoms with E-state index in [0.29, 0.717) is 19.1 Å². The van der Waals surface area contributed by atoms with E-state index in [0.717, 1.165) is 45.3 Å². The summed E-state index contributed by atoms with van der Waals surface area (Å²) in [6, 6.07) is 2.65. The predicted molar refractivity (Wildman–Crippen MR) is 109 cm³/mol. The number of thiophene rings is 1. The van der Waals surface area contributed by atoms with Gasteiger partial charge in [-0.3, -0.25) is 9.69 Å². The van der Waals surface area contributed by atoms with Gasteiger partial charge >= 0.3 is 6.03 Å². The van der Waals surface area contributed by atoms with Gasteiger partial charge in [-0.2, -0.15) is 11.3 Å². The van der Waals surface area contributed by atoms with Crippen LogP contribution in [0.5, 0.6) is 0 Å². The molecule has 1 aliphatic carbocycles. The molecule has 0 radical (unpaired) electrons. The van der Waals surface area contributed by atoms with Crippen LogP contribution in [-0.2, 0) is 4.79 Å². The van der Waals surface area contributed by atoms with Crippen molar-refractivity contribution in [1.82, 2.24) is 20.4 Å². The molecule has 2 atom stereocenters. The molecule has 1 aromatic rings. The molecule has 1 aromatic heterocycles. The molecule has 3 amide bonds. The summed E-state index contributed by atoms with van der Waals surface area (Å²) in [5, 5.41) is 10.4. The van der Waals surface area contributed by atoms with Crippen molar-refractivity contribution in [3.63, 3.8) is 0 Å². The van der Waals surface area contributed by atoms with Gasteiger partial charge in [0, 0.05) is 25.7 Å². The first-order valence-electron chi connectivity index (χ1n) is 10.2. The number of amides is 3. The van der Waals surface area contributed by atoms with Gasteiger partial charge in [0.2, 0.25) is 5.91 Å². The van der Waals surface area contributed by atoms with Crippen LogP contribution in [0.3, 0.4) is 0 Å². The fraction of sp³-hybridized carbons (Fsp3) is 0.700. The van der Waals surface area contributed by atoms with Crippen LogP contribution >= 0.6 is 11.3 Å². The minimum Gasteiger partial charge on any atom is -0.353 e. The van der Waals surface area contributed by atoms with E-state index in [2.05, 4.69) is 46.2 Å². The second-order valence-electron chi connectivity index (χ2n) is 7.55. The van der Waals surface area contributed by atoms with E-state index in [1.807, 2.05) is 4.90 Å². The Labute approximate surface area is 166 Å². The summed E-state index contributed by atoms with van der Waals surface area (Å²) in [5.74, 6) is 0.0508. The van der Waals surface area contributed by atoms with Gasteiger partial charge in [0.1, 0.15) is 0 Å². The average molecular weight is 393 g/mol. The molecule has 2 heterocycles. The summed E-state index contributed by atoms with van der Waals surface area (Å²) < 4.78 is 0. The zero-order chi connectivity index (χ0) is 19.2. The highest BCUT2D eigenvalue weighted by Gasteiger charge is 2.32. The number of likely N-dealkylation sites (tertiary alicyclic amines) is 1. The maximum atomic E-state index is 12.7. The van der Waals surface area contributed by atoms with Crippen LogP contribution in [0.25, 0.3) is 0 Å². The predicted octanol–water partition coefficient (Wildman–Crippen LogP) is 2.83. The zero-order valence-electron chi connectivity index (χ0n) is 16.4. The molecule has 0 aromatic carbocycles. The number of carbonyl (C=O) groups is 2. The Kier molecular flexibility index (Phi) is 7.13. The number of nitrogens with zero attached hydrogens (tertiary/aromatic N) is 2. The van der Waals surface area contributed by atoms with Gasteiger partial charge in [0.15, 0.2) is 0 Å². The molecule has 1 saturated heterocycles. The van der Waals surface area contributed by atoms with Crippen molar-refractivity contribution in [2.75, 3.05) is 32.7 Å². The molecule has 1 saturated carbocycles. The van der Waals surface area contributed by atoms with Crippen molar-refractivity contribution in [3.8, 4) is 0 Å². The lowest BCUT2D eigenvalue weighted by Crippen LogP contribution is -2.50. The normalized spacial score (nSPS) is 21.1. The Morgan fingerprint density at radius 3 is 2.70 bits per heavy atom. The maximum Gasteiger partial charge on any atom is 0.317 e. The van der Waals surface area contributed by atoms with Crippen molar-refractivity contribution in [2.24, 2.45) is 5.92 Å². The first kappa shape index (κ1) is 20.1. The first-order chi connectivity index (χ1) is 13.1. The minimum atomic E-state index is -0.0689. The second-order valence-corrected chi connectivity index (χ2v) is 8.33. The third-order valence-electron chi connectivity index (χ3n) is 5.63. The van der Waals surface area contributed by atoms with Crippen LogP contribution in [0, 0.1) is 5.92 Å². The van der Waals surface area contributed by atoms with Crippen LogP contribution in [0.4, 0.5) is 4.79 Å². The number of hydrogen-bond acceptors (Lipinski definition) is 4. The molecule has 7 heteroatoms. The Morgan fingerprint density at radius 2 is 2.07 bits per heavy atom. The van der Waals surface area contributed by atoms with Gasteiger partial charge in [0.05, 0.1) is 12.0 Å². The highest BCUT2D eigenvalue weighted by atomic mass is 32.1. The lowest BCUT2D eigenvalue weighted by molar-refractivity contribution is -0.126. The second kappa shape index (κ2) is 9.55. The summed E-state index contributed by atoms with van der Waals surface area (Å²) in [7, 11) is 0. The van der Waals surface area contributed by atoms with Gasteiger partial charge in [-0.1, -0.05) is 13.8 Å². The maximum absolute atomic E-state index is 12.7. The number of hydrogen-bond donors (Lipinski definition) is 2. The summed E-state index contributed by atoms with van der Waals surface area (Å²) in [4.78, 5) is 29.3. The number of urea groups is 1. The largest absolute Gasteiger partial charge is 0.353 e. The van der Waals surface area contributed by atoms with Crippen LogP contribution < -0.4 is 10.6 Å². The van der Waals surface area contributed by atoms with Gasteiger partial charge in [0.25, 0.3) is 0 Å². The molecule has 2 fully saturated rings. The number of likely N-dealkylation sites (N-methyl/N-ethyl adjacent to an activating group) is 1. The lowest BCUT2D eigenvalue weighted by Gasteiger charge is -2.34. The van der Waals surface area contributed by atoms with Crippen molar-refractivity contribution in [2.45, 2.75) is 51.6 Å². The van der Waals surface area contributed by atoms with Crippen LogP contribution in [-0.4, -0.2) is 60.5 Å². The van der Waals surface area contributed by atoms with E-state index in [1.165, 1.54) is 5.56 Å². The summed E-state index contributed by atoms with van der Waals surface area (Å²) in [5.41, 5.74) is 1.25. The average Bonchev–Trinajstić information content (AvgIpc) is 3.34. The third kappa shape index (κ3) is 5.45. The third-order valence-corrected chi connectivity index (χ3v) is 6.33. The highest BCUT2D eigenvalue weighted by molar-refractivity contribution is 7.07. The Bertz CT molecular complexity index is 614. The Morgan fingerprint density at radius 1 is 1.30 bits per heavy atom. The molecule has 3 rings (SSSR count). The van der Waals surface area contributed by atoms with Crippen molar-refractivity contribution < 1.29 is 9.59 Å². The molecule has 27 heavy (non-hydrogen) atoms. The molecule has 1 aliphatic heterocycles. The standard InChI is InChI=1S/C20H32N4O2S/c1-3-23(4-2)18(16-9-11-27-14-16)12-21-20(26)24-10-5-6-15(13-24)19(25)22-17-7-8-17/h9,11,14-15,17-18H,3-8,10,12-13H2,1-2H3,(H,21,26)(H,22,25). The van der Waals surface area contributed by atoms with E-state index in [-0.39, 0.29) is 23.9 Å². The van der Waals surface area contributed by atoms with Gasteiger partial charge < -0.3 is 15.5 Å². The Balaban J connectivity index is 1.54. The first-order valence-corrected chi connectivity index (χ1v) is 11.2. The van der Waals surface area contributed by atoms with Gasteiger partial charge in [-0.25, -0.2) is 4.79 Å². The fourth-order valence-electron chi connectivity index (χ4n) is 3.80. The molecule has 2 aliphatic rings. The van der Waals surface area contributed by atoms with Crippen molar-refractivity contribution in [1.29, 1.82) is 0 Å². The SMILES string of the molecule is CCN(CC)C(CNC(=O)N1CCCC(C(=O)NC2CC2)C1)c1ccsc1. The molecule has 2 N–H and O–H groups in total. The zero-order valence-corrected chi connectivity index (χ0v) is 17.3. The molecule has 0 bridgehead atoms. The topological polar surface area (TPSA) is 64.7 Å². The molecule has 0 spiro atoms. The number of rotatable bonds is 8. The summed E-state index contributed by atoms with van der Waals surface area (Å²) in [6.45, 7) is 8.04. The summed E-state index contributed by atoms with van der Waals surface area (Å²) in [6.07, 6.45) is 3.95. The molecule has 6 nitrogen and oxygen atoms in total.